The second-order valence-corrected chi connectivity index (χ2v) is 8.53. The lowest BCUT2D eigenvalue weighted by Crippen LogP contribution is -2.51. The van der Waals surface area contributed by atoms with Crippen LogP contribution in [0.25, 0.3) is 0 Å². The fraction of sp³-hybridized carbons (Fsp3) is 0.417. The van der Waals surface area contributed by atoms with Crippen LogP contribution in [-0.2, 0) is 4.79 Å². The summed E-state index contributed by atoms with van der Waals surface area (Å²) in [6.07, 6.45) is 2.38. The minimum atomic E-state index is -0.00109. The Labute approximate surface area is 172 Å². The van der Waals surface area contributed by atoms with E-state index in [1.165, 1.54) is 12.8 Å². The Morgan fingerprint density at radius 1 is 1.03 bits per heavy atom. The molecule has 0 bridgehead atoms. The average molecular weight is 392 g/mol. The first-order valence-corrected chi connectivity index (χ1v) is 10.4. The molecule has 29 heavy (non-hydrogen) atoms. The molecular formula is C24H29N3O2. The number of hydrogen-bond acceptors (Lipinski definition) is 3. The number of benzene rings is 2. The molecule has 4 rings (SSSR count). The Morgan fingerprint density at radius 3 is 2.28 bits per heavy atom. The number of anilines is 2. The molecule has 3 unspecified atom stereocenters. The number of fused-ring (bicyclic) bond motifs is 1. The topological polar surface area (TPSA) is 52.7 Å². The van der Waals surface area contributed by atoms with E-state index in [1.54, 1.807) is 25.9 Å². The fourth-order valence-electron chi connectivity index (χ4n) is 4.66. The smallest absolute Gasteiger partial charge is 0.253 e. The van der Waals surface area contributed by atoms with Crippen LogP contribution in [0.1, 0.15) is 48.7 Å². The Morgan fingerprint density at radius 2 is 1.69 bits per heavy atom. The molecule has 2 aliphatic rings. The first-order chi connectivity index (χ1) is 13.9. The fourth-order valence-corrected chi connectivity index (χ4v) is 4.66. The monoisotopic (exact) mass is 391 g/mol. The van der Waals surface area contributed by atoms with Gasteiger partial charge in [0.2, 0.25) is 5.91 Å². The maximum absolute atomic E-state index is 12.5. The average Bonchev–Trinajstić information content (AvgIpc) is 3.54. The summed E-state index contributed by atoms with van der Waals surface area (Å²) in [5.41, 5.74) is 3.83. The van der Waals surface area contributed by atoms with Gasteiger partial charge in [-0.15, -0.1) is 0 Å². The van der Waals surface area contributed by atoms with Gasteiger partial charge >= 0.3 is 0 Å². The molecule has 2 aromatic rings. The van der Waals surface area contributed by atoms with E-state index in [9.17, 15) is 9.59 Å². The van der Waals surface area contributed by atoms with E-state index in [0.717, 1.165) is 16.9 Å². The Balaban J connectivity index is 1.66. The third-order valence-corrected chi connectivity index (χ3v) is 6.20. The molecule has 1 N–H and O–H groups in total. The minimum Gasteiger partial charge on any atom is -0.378 e. The standard InChI is InChI=1S/C24H29N3O2/c1-15-22(25-19-13-11-18(12-14-19)24(29)26(3)4)20-7-5-6-8-21(20)27(16(2)28)23(15)17-9-10-17/h5-8,11-15,17,22-23,25H,9-10H2,1-4H3. The quantitative estimate of drug-likeness (QED) is 0.844. The second-order valence-electron chi connectivity index (χ2n) is 8.53. The number of carbonyl (C=O) groups excluding carboxylic acids is 2. The lowest BCUT2D eigenvalue weighted by Gasteiger charge is -2.46. The van der Waals surface area contributed by atoms with E-state index >= 15 is 0 Å². The van der Waals surface area contributed by atoms with Gasteiger partial charge < -0.3 is 15.1 Å². The maximum atomic E-state index is 12.5. The molecule has 2 amide bonds. The van der Waals surface area contributed by atoms with Gasteiger partial charge in [-0.1, -0.05) is 25.1 Å². The van der Waals surface area contributed by atoms with Gasteiger partial charge in [0.1, 0.15) is 0 Å². The minimum absolute atomic E-state index is 0.00109. The molecule has 1 saturated carbocycles. The summed E-state index contributed by atoms with van der Waals surface area (Å²) in [7, 11) is 3.52. The third kappa shape index (κ3) is 3.61. The molecular weight excluding hydrogens is 362 g/mol. The molecule has 152 valence electrons. The van der Waals surface area contributed by atoms with Gasteiger partial charge in [0.15, 0.2) is 0 Å². The summed E-state index contributed by atoms with van der Waals surface area (Å²) in [6.45, 7) is 3.92. The molecule has 3 atom stereocenters. The normalized spacial score (nSPS) is 23.3. The zero-order valence-corrected chi connectivity index (χ0v) is 17.6. The van der Waals surface area contributed by atoms with Crippen molar-refractivity contribution >= 4 is 23.2 Å². The van der Waals surface area contributed by atoms with Crippen molar-refractivity contribution < 1.29 is 9.59 Å². The van der Waals surface area contributed by atoms with Crippen molar-refractivity contribution in [1.82, 2.24) is 4.90 Å². The highest BCUT2D eigenvalue weighted by Crippen LogP contribution is 2.49. The lowest BCUT2D eigenvalue weighted by molar-refractivity contribution is -0.117. The molecule has 0 aromatic heterocycles. The molecule has 5 nitrogen and oxygen atoms in total. The molecule has 1 heterocycles. The van der Waals surface area contributed by atoms with Crippen molar-refractivity contribution in [3.63, 3.8) is 0 Å². The second kappa shape index (κ2) is 7.54. The predicted octanol–water partition coefficient (Wildman–Crippen LogP) is 4.32. The molecule has 0 radical (unpaired) electrons. The molecule has 2 aromatic carbocycles. The van der Waals surface area contributed by atoms with E-state index in [-0.39, 0.29) is 29.8 Å². The summed E-state index contributed by atoms with van der Waals surface area (Å²) in [5, 5.41) is 3.69. The van der Waals surface area contributed by atoms with Crippen LogP contribution in [-0.4, -0.2) is 36.9 Å². The van der Waals surface area contributed by atoms with Crippen LogP contribution in [0.15, 0.2) is 48.5 Å². The Kier molecular flexibility index (Phi) is 5.07. The van der Waals surface area contributed by atoms with Crippen molar-refractivity contribution in [2.45, 2.75) is 38.8 Å². The number of rotatable bonds is 4. The van der Waals surface area contributed by atoms with Crippen LogP contribution in [0, 0.1) is 11.8 Å². The van der Waals surface area contributed by atoms with Gasteiger partial charge in [0.25, 0.3) is 5.91 Å². The summed E-state index contributed by atoms with van der Waals surface area (Å²) >= 11 is 0. The summed E-state index contributed by atoms with van der Waals surface area (Å²) in [5.74, 6) is 0.973. The van der Waals surface area contributed by atoms with E-state index < -0.39 is 0 Å². The number of amides is 2. The SMILES string of the molecule is CC(=O)N1c2ccccc2C(Nc2ccc(C(=O)N(C)C)cc2)C(C)C1C1CC1. The van der Waals surface area contributed by atoms with Gasteiger partial charge in [-0.2, -0.15) is 0 Å². The zero-order chi connectivity index (χ0) is 20.7. The van der Waals surface area contributed by atoms with Crippen molar-refractivity contribution in [3.05, 3.63) is 59.7 Å². The van der Waals surface area contributed by atoms with Gasteiger partial charge in [0.05, 0.1) is 6.04 Å². The van der Waals surface area contributed by atoms with Gasteiger partial charge in [-0.3, -0.25) is 9.59 Å². The van der Waals surface area contributed by atoms with Gasteiger partial charge in [-0.05, 0) is 54.7 Å². The van der Waals surface area contributed by atoms with Crippen molar-refractivity contribution in [2.75, 3.05) is 24.3 Å². The molecule has 1 aliphatic heterocycles. The maximum Gasteiger partial charge on any atom is 0.253 e. The first kappa shape index (κ1) is 19.5. The van der Waals surface area contributed by atoms with Crippen molar-refractivity contribution in [2.24, 2.45) is 11.8 Å². The van der Waals surface area contributed by atoms with Crippen LogP contribution in [0.3, 0.4) is 0 Å². The number of nitrogens with zero attached hydrogens (tertiary/aromatic N) is 2. The zero-order valence-electron chi connectivity index (χ0n) is 17.6. The third-order valence-electron chi connectivity index (χ3n) is 6.20. The van der Waals surface area contributed by atoms with Gasteiger partial charge in [-0.25, -0.2) is 0 Å². The van der Waals surface area contributed by atoms with E-state index in [0.29, 0.717) is 11.5 Å². The van der Waals surface area contributed by atoms with E-state index in [2.05, 4.69) is 24.4 Å². The van der Waals surface area contributed by atoms with Crippen LogP contribution < -0.4 is 10.2 Å². The van der Waals surface area contributed by atoms with Crippen LogP contribution in [0.5, 0.6) is 0 Å². The molecule has 5 heteroatoms. The van der Waals surface area contributed by atoms with Crippen molar-refractivity contribution in [3.8, 4) is 0 Å². The van der Waals surface area contributed by atoms with Gasteiger partial charge in [0, 0.05) is 49.9 Å². The largest absolute Gasteiger partial charge is 0.378 e. The number of para-hydroxylation sites is 1. The molecule has 1 fully saturated rings. The summed E-state index contributed by atoms with van der Waals surface area (Å²) in [6, 6.07) is 16.2. The van der Waals surface area contributed by atoms with Crippen molar-refractivity contribution in [1.29, 1.82) is 0 Å². The predicted molar refractivity (Wildman–Crippen MR) is 116 cm³/mol. The highest BCUT2D eigenvalue weighted by molar-refractivity contribution is 5.95. The Bertz CT molecular complexity index is 918. The number of nitrogens with one attached hydrogen (secondary N) is 1. The van der Waals surface area contributed by atoms with Crippen LogP contribution >= 0.6 is 0 Å². The van der Waals surface area contributed by atoms with E-state index in [4.69, 9.17) is 0 Å². The lowest BCUT2D eigenvalue weighted by atomic mass is 9.80. The van der Waals surface area contributed by atoms with Crippen LogP contribution in [0.4, 0.5) is 11.4 Å². The van der Waals surface area contributed by atoms with E-state index in [1.807, 2.05) is 41.3 Å². The Hall–Kier alpha value is -2.82. The summed E-state index contributed by atoms with van der Waals surface area (Å²) in [4.78, 5) is 28.3. The molecule has 0 spiro atoms. The highest BCUT2D eigenvalue weighted by Gasteiger charge is 2.47. The molecule has 0 saturated heterocycles. The number of hydrogen-bond donors (Lipinski definition) is 1. The highest BCUT2D eigenvalue weighted by atomic mass is 16.2. The summed E-state index contributed by atoms with van der Waals surface area (Å²) < 4.78 is 0. The number of carbonyl (C=O) groups is 2. The van der Waals surface area contributed by atoms with Crippen LogP contribution in [0.2, 0.25) is 0 Å². The first-order valence-electron chi connectivity index (χ1n) is 10.4. The molecule has 1 aliphatic carbocycles.